The molecule has 2 aliphatic rings. The number of hydrogen-bond donors (Lipinski definition) is 0. The molecule has 32 heavy (non-hydrogen) atoms. The van der Waals surface area contributed by atoms with Crippen LogP contribution in [0.15, 0.2) is 70.5 Å². The molecule has 2 heterocycles. The highest BCUT2D eigenvalue weighted by molar-refractivity contribution is 7.89. The molecule has 2 fully saturated rings. The normalized spacial score (nSPS) is 19.7. The lowest BCUT2D eigenvalue weighted by Gasteiger charge is -2.37. The fraction of sp³-hybridized carbons (Fsp3) is 0.409. The van der Waals surface area contributed by atoms with Crippen molar-refractivity contribution in [2.75, 3.05) is 39.3 Å². The molecule has 0 saturated carbocycles. The van der Waals surface area contributed by atoms with Gasteiger partial charge >= 0.3 is 0 Å². The molecule has 2 saturated heterocycles. The van der Waals surface area contributed by atoms with Crippen LogP contribution >= 0.6 is 0 Å². The molecular weight excluding hydrogens is 450 g/mol. The number of carbonyl (C=O) groups is 1. The lowest BCUT2D eigenvalue weighted by molar-refractivity contribution is -0.137. The molecule has 2 aromatic carbocycles. The molecule has 0 radical (unpaired) electrons. The van der Waals surface area contributed by atoms with Crippen molar-refractivity contribution in [3.05, 3.63) is 60.7 Å². The Balaban J connectivity index is 1.32. The maximum Gasteiger partial charge on any atom is 0.243 e. The first kappa shape index (κ1) is 22.9. The van der Waals surface area contributed by atoms with Crippen LogP contribution in [0.3, 0.4) is 0 Å². The minimum Gasteiger partial charge on any atom is -0.340 e. The number of carbonyl (C=O) groups excluding carboxylic acids is 1. The third-order valence-corrected chi connectivity index (χ3v) is 9.94. The first-order chi connectivity index (χ1) is 15.3. The molecule has 0 aromatic heterocycles. The Kier molecular flexibility index (Phi) is 6.66. The van der Waals surface area contributed by atoms with Gasteiger partial charge in [-0.2, -0.15) is 8.61 Å². The predicted molar refractivity (Wildman–Crippen MR) is 120 cm³/mol. The minimum atomic E-state index is -3.56. The largest absolute Gasteiger partial charge is 0.340 e. The van der Waals surface area contributed by atoms with Crippen molar-refractivity contribution in [2.24, 2.45) is 5.92 Å². The van der Waals surface area contributed by atoms with Gasteiger partial charge in [0.05, 0.1) is 9.79 Å². The number of piperazine rings is 1. The molecule has 0 aliphatic carbocycles. The van der Waals surface area contributed by atoms with Crippen LogP contribution in [0.4, 0.5) is 0 Å². The van der Waals surface area contributed by atoms with Gasteiger partial charge in [0.15, 0.2) is 0 Å². The summed E-state index contributed by atoms with van der Waals surface area (Å²) in [4.78, 5) is 15.2. The van der Waals surface area contributed by atoms with Crippen molar-refractivity contribution < 1.29 is 21.6 Å². The maximum atomic E-state index is 13.0. The number of benzene rings is 2. The maximum absolute atomic E-state index is 13.0. The summed E-state index contributed by atoms with van der Waals surface area (Å²) >= 11 is 0. The molecular formula is C22H27N3O5S2. The molecule has 0 N–H and O–H groups in total. The van der Waals surface area contributed by atoms with Gasteiger partial charge in [-0.25, -0.2) is 16.8 Å². The van der Waals surface area contributed by atoms with Crippen molar-refractivity contribution in [3.8, 4) is 0 Å². The summed E-state index contributed by atoms with van der Waals surface area (Å²) < 4.78 is 54.0. The average Bonchev–Trinajstić information content (AvgIpc) is 2.85. The lowest BCUT2D eigenvalue weighted by atomic mass is 9.96. The van der Waals surface area contributed by atoms with E-state index in [1.807, 2.05) is 0 Å². The van der Waals surface area contributed by atoms with E-state index in [-0.39, 0.29) is 34.7 Å². The molecule has 2 aliphatic heterocycles. The zero-order chi connectivity index (χ0) is 22.8. The first-order valence-corrected chi connectivity index (χ1v) is 13.6. The van der Waals surface area contributed by atoms with Gasteiger partial charge in [0.1, 0.15) is 0 Å². The monoisotopic (exact) mass is 477 g/mol. The molecule has 8 nitrogen and oxygen atoms in total. The molecule has 0 unspecified atom stereocenters. The quantitative estimate of drug-likeness (QED) is 0.652. The second-order valence-electron chi connectivity index (χ2n) is 8.03. The van der Waals surface area contributed by atoms with Crippen molar-refractivity contribution in [3.63, 3.8) is 0 Å². The fourth-order valence-corrected chi connectivity index (χ4v) is 7.17. The third-order valence-electron chi connectivity index (χ3n) is 6.12. The fourth-order valence-electron chi connectivity index (χ4n) is 4.23. The molecule has 0 spiro atoms. The van der Waals surface area contributed by atoms with E-state index in [2.05, 4.69) is 0 Å². The topological polar surface area (TPSA) is 95.1 Å². The number of amides is 1. The number of nitrogens with zero attached hydrogens (tertiary/aromatic N) is 3. The SMILES string of the molecule is O=C(C1CCN(S(=O)(=O)c2ccccc2)CC1)N1CCN(S(=O)(=O)c2ccccc2)CC1. The summed E-state index contributed by atoms with van der Waals surface area (Å²) in [7, 11) is -7.12. The molecule has 0 bridgehead atoms. The van der Waals surface area contributed by atoms with Crippen LogP contribution in [0.2, 0.25) is 0 Å². The Morgan fingerprint density at radius 2 is 1.03 bits per heavy atom. The molecule has 2 aromatic rings. The second kappa shape index (κ2) is 9.30. The van der Waals surface area contributed by atoms with Gasteiger partial charge in [0.25, 0.3) is 0 Å². The van der Waals surface area contributed by atoms with Crippen LogP contribution in [0, 0.1) is 5.92 Å². The van der Waals surface area contributed by atoms with E-state index >= 15 is 0 Å². The van der Waals surface area contributed by atoms with E-state index in [4.69, 9.17) is 0 Å². The Bertz CT molecular complexity index is 1050. The van der Waals surface area contributed by atoms with Crippen molar-refractivity contribution >= 4 is 26.0 Å². The van der Waals surface area contributed by atoms with E-state index < -0.39 is 20.0 Å². The van der Waals surface area contributed by atoms with Gasteiger partial charge in [0.2, 0.25) is 26.0 Å². The van der Waals surface area contributed by atoms with Crippen LogP contribution in [0.5, 0.6) is 0 Å². The molecule has 1 amide bonds. The summed E-state index contributed by atoms with van der Waals surface area (Å²) in [5, 5.41) is 0. The zero-order valence-corrected chi connectivity index (χ0v) is 19.3. The Hall–Kier alpha value is -2.27. The minimum absolute atomic E-state index is 0.0153. The average molecular weight is 478 g/mol. The van der Waals surface area contributed by atoms with Crippen LogP contribution in [-0.4, -0.2) is 75.5 Å². The van der Waals surface area contributed by atoms with E-state index in [0.29, 0.717) is 39.0 Å². The van der Waals surface area contributed by atoms with Gasteiger partial charge in [-0.05, 0) is 37.1 Å². The Labute approximate surface area is 189 Å². The number of piperidine rings is 1. The van der Waals surface area contributed by atoms with Crippen LogP contribution < -0.4 is 0 Å². The van der Waals surface area contributed by atoms with E-state index in [1.165, 1.54) is 8.61 Å². The van der Waals surface area contributed by atoms with Crippen molar-refractivity contribution in [2.45, 2.75) is 22.6 Å². The first-order valence-electron chi connectivity index (χ1n) is 10.7. The summed E-state index contributed by atoms with van der Waals surface area (Å²) in [6.07, 6.45) is 0.931. The highest BCUT2D eigenvalue weighted by Crippen LogP contribution is 2.26. The van der Waals surface area contributed by atoms with E-state index in [0.717, 1.165) is 0 Å². The van der Waals surface area contributed by atoms with Gasteiger partial charge < -0.3 is 4.90 Å². The van der Waals surface area contributed by atoms with Crippen LogP contribution in [0.1, 0.15) is 12.8 Å². The highest BCUT2D eigenvalue weighted by atomic mass is 32.2. The van der Waals surface area contributed by atoms with Gasteiger partial charge in [-0.1, -0.05) is 36.4 Å². The summed E-state index contributed by atoms with van der Waals surface area (Å²) in [6, 6.07) is 16.6. The highest BCUT2D eigenvalue weighted by Gasteiger charge is 2.36. The Morgan fingerprint density at radius 1 is 0.625 bits per heavy atom. The summed E-state index contributed by atoms with van der Waals surface area (Å²) in [5.41, 5.74) is 0. The van der Waals surface area contributed by atoms with E-state index in [1.54, 1.807) is 65.6 Å². The Morgan fingerprint density at radius 3 is 1.47 bits per heavy atom. The van der Waals surface area contributed by atoms with Gasteiger partial charge in [-0.15, -0.1) is 0 Å². The van der Waals surface area contributed by atoms with Crippen LogP contribution in [0.25, 0.3) is 0 Å². The number of hydrogen-bond acceptors (Lipinski definition) is 5. The second-order valence-corrected chi connectivity index (χ2v) is 11.9. The number of sulfonamides is 2. The van der Waals surface area contributed by atoms with Crippen molar-refractivity contribution in [1.29, 1.82) is 0 Å². The van der Waals surface area contributed by atoms with Crippen LogP contribution in [-0.2, 0) is 24.8 Å². The summed E-state index contributed by atoms with van der Waals surface area (Å²) in [6.45, 7) is 1.79. The lowest BCUT2D eigenvalue weighted by Crippen LogP contribution is -2.53. The summed E-state index contributed by atoms with van der Waals surface area (Å²) in [5.74, 6) is -0.256. The smallest absolute Gasteiger partial charge is 0.243 e. The zero-order valence-electron chi connectivity index (χ0n) is 17.7. The van der Waals surface area contributed by atoms with Crippen molar-refractivity contribution in [1.82, 2.24) is 13.5 Å². The predicted octanol–water partition coefficient (Wildman–Crippen LogP) is 1.62. The van der Waals surface area contributed by atoms with Gasteiger partial charge in [0, 0.05) is 45.2 Å². The van der Waals surface area contributed by atoms with E-state index in [9.17, 15) is 21.6 Å². The molecule has 4 rings (SSSR count). The number of rotatable bonds is 5. The third kappa shape index (κ3) is 4.59. The molecule has 172 valence electrons. The molecule has 0 atom stereocenters. The standard InChI is InChI=1S/C22H27N3O5S2/c26-22(19-11-13-24(14-12-19)31(27,28)20-7-3-1-4-8-20)23-15-17-25(18-16-23)32(29,30)21-9-5-2-6-10-21/h1-10,19H,11-18H2. The van der Waals surface area contributed by atoms with Gasteiger partial charge in [-0.3, -0.25) is 4.79 Å². The molecule has 10 heteroatoms.